The van der Waals surface area contributed by atoms with E-state index in [-0.39, 0.29) is 0 Å². The molecule has 0 amide bonds. The van der Waals surface area contributed by atoms with Gasteiger partial charge in [0.15, 0.2) is 0 Å². The van der Waals surface area contributed by atoms with Crippen LogP contribution in [0.25, 0.3) is 0 Å². The van der Waals surface area contributed by atoms with Gasteiger partial charge >= 0.3 is 0 Å². The van der Waals surface area contributed by atoms with Crippen LogP contribution >= 0.6 is 0 Å². The molecule has 1 rings (SSSR count). The molecule has 0 unspecified atom stereocenters. The van der Waals surface area contributed by atoms with E-state index in [1.54, 1.807) is 0 Å². The first-order valence-corrected chi connectivity index (χ1v) is 3.23. The van der Waals surface area contributed by atoms with E-state index in [1.807, 2.05) is 0 Å². The number of oxime groups is 1. The summed E-state index contributed by atoms with van der Waals surface area (Å²) < 4.78 is 0. The maximum Gasteiger partial charge on any atom is 0.0821 e. The van der Waals surface area contributed by atoms with Crippen LogP contribution in [0.5, 0.6) is 0 Å². The minimum absolute atomic E-state index is 0.793. The lowest BCUT2D eigenvalue weighted by molar-refractivity contribution is 0.316. The predicted molar refractivity (Wildman–Crippen MR) is 36.8 cm³/mol. The topological polar surface area (TPSA) is 32.6 Å². The van der Waals surface area contributed by atoms with Crippen LogP contribution in [-0.2, 0) is 0 Å². The lowest BCUT2D eigenvalue weighted by Gasteiger charge is -2.12. The molecule has 1 fully saturated rings. The van der Waals surface area contributed by atoms with E-state index in [1.165, 1.54) is 6.42 Å². The average molecular weight is 125 g/mol. The Kier molecular flexibility index (Phi) is 1.88. The minimum Gasteiger partial charge on any atom is -0.411 e. The van der Waals surface area contributed by atoms with Crippen molar-refractivity contribution in [1.82, 2.24) is 0 Å². The monoisotopic (exact) mass is 125 g/mol. The summed E-state index contributed by atoms with van der Waals surface area (Å²) in [6.07, 6.45) is 4.23. The molecule has 2 nitrogen and oxygen atoms in total. The molecule has 0 aliphatic heterocycles. The summed E-state index contributed by atoms with van der Waals surface area (Å²) in [5, 5.41) is 11.5. The Labute approximate surface area is 54.9 Å². The highest BCUT2D eigenvalue weighted by molar-refractivity contribution is 5.99. The van der Waals surface area contributed by atoms with Gasteiger partial charge in [0.05, 0.1) is 5.71 Å². The van der Waals surface area contributed by atoms with Gasteiger partial charge in [0.1, 0.15) is 0 Å². The predicted octanol–water partition coefficient (Wildman–Crippen LogP) is 1.95. The fourth-order valence-corrected chi connectivity index (χ4v) is 1.07. The SMILES string of the molecule is C=C1CCCC/C1=N/O. The summed E-state index contributed by atoms with van der Waals surface area (Å²) in [6.45, 7) is 3.78. The summed E-state index contributed by atoms with van der Waals surface area (Å²) in [5.41, 5.74) is 1.80. The van der Waals surface area contributed by atoms with E-state index in [9.17, 15) is 0 Å². The second-order valence-corrected chi connectivity index (χ2v) is 2.36. The van der Waals surface area contributed by atoms with Crippen molar-refractivity contribution in [2.45, 2.75) is 25.7 Å². The highest BCUT2D eigenvalue weighted by Gasteiger charge is 2.10. The molecule has 0 aromatic carbocycles. The van der Waals surface area contributed by atoms with Crippen molar-refractivity contribution in [3.63, 3.8) is 0 Å². The molecule has 1 saturated carbocycles. The first-order valence-electron chi connectivity index (χ1n) is 3.23. The minimum atomic E-state index is 0.793. The van der Waals surface area contributed by atoms with Gasteiger partial charge in [0, 0.05) is 0 Å². The summed E-state index contributed by atoms with van der Waals surface area (Å²) in [5.74, 6) is 0. The number of nitrogens with zero attached hydrogens (tertiary/aromatic N) is 1. The first-order chi connectivity index (χ1) is 4.34. The third-order valence-corrected chi connectivity index (χ3v) is 1.67. The van der Waals surface area contributed by atoms with Crippen molar-refractivity contribution in [3.8, 4) is 0 Å². The normalized spacial score (nSPS) is 24.9. The van der Waals surface area contributed by atoms with Crippen LogP contribution in [0, 0.1) is 0 Å². The van der Waals surface area contributed by atoms with Gasteiger partial charge in [-0.3, -0.25) is 0 Å². The van der Waals surface area contributed by atoms with Gasteiger partial charge in [-0.15, -0.1) is 0 Å². The molecule has 9 heavy (non-hydrogen) atoms. The number of hydrogen-bond donors (Lipinski definition) is 1. The van der Waals surface area contributed by atoms with Gasteiger partial charge in [0.25, 0.3) is 0 Å². The van der Waals surface area contributed by atoms with Gasteiger partial charge < -0.3 is 5.21 Å². The van der Waals surface area contributed by atoms with Crippen LogP contribution in [0.2, 0.25) is 0 Å². The highest BCUT2D eigenvalue weighted by Crippen LogP contribution is 2.18. The Bertz CT molecular complexity index is 149. The fraction of sp³-hybridized carbons (Fsp3) is 0.571. The van der Waals surface area contributed by atoms with Crippen molar-refractivity contribution < 1.29 is 5.21 Å². The van der Waals surface area contributed by atoms with E-state index in [4.69, 9.17) is 5.21 Å². The molecule has 1 aliphatic carbocycles. The molecular weight excluding hydrogens is 114 g/mol. The average Bonchev–Trinajstić information content (AvgIpc) is 1.89. The van der Waals surface area contributed by atoms with Crippen molar-refractivity contribution in [3.05, 3.63) is 12.2 Å². The molecule has 0 radical (unpaired) electrons. The van der Waals surface area contributed by atoms with Crippen molar-refractivity contribution >= 4 is 5.71 Å². The summed E-state index contributed by atoms with van der Waals surface area (Å²) in [7, 11) is 0. The molecule has 2 heteroatoms. The number of hydrogen-bond acceptors (Lipinski definition) is 2. The zero-order chi connectivity index (χ0) is 6.69. The second-order valence-electron chi connectivity index (χ2n) is 2.36. The number of rotatable bonds is 0. The van der Waals surface area contributed by atoms with Crippen LogP contribution in [0.4, 0.5) is 0 Å². The van der Waals surface area contributed by atoms with Crippen LogP contribution in [0.1, 0.15) is 25.7 Å². The van der Waals surface area contributed by atoms with E-state index in [0.717, 1.165) is 30.5 Å². The van der Waals surface area contributed by atoms with Crippen LogP contribution in [0.15, 0.2) is 17.3 Å². The highest BCUT2D eigenvalue weighted by atomic mass is 16.4. The maximum atomic E-state index is 8.39. The van der Waals surface area contributed by atoms with Gasteiger partial charge in [-0.2, -0.15) is 0 Å². The number of allylic oxidation sites excluding steroid dienone is 1. The Morgan fingerprint density at radius 3 is 2.44 bits per heavy atom. The Balaban J connectivity index is 2.60. The second kappa shape index (κ2) is 2.67. The van der Waals surface area contributed by atoms with E-state index >= 15 is 0 Å². The fourth-order valence-electron chi connectivity index (χ4n) is 1.07. The molecule has 50 valence electrons. The van der Waals surface area contributed by atoms with Gasteiger partial charge in [-0.05, 0) is 31.3 Å². The molecule has 0 spiro atoms. The van der Waals surface area contributed by atoms with Crippen LogP contribution in [-0.4, -0.2) is 10.9 Å². The molecular formula is C7H11NO. The molecule has 0 aromatic rings. The smallest absolute Gasteiger partial charge is 0.0821 e. The van der Waals surface area contributed by atoms with Crippen molar-refractivity contribution in [1.29, 1.82) is 0 Å². The largest absolute Gasteiger partial charge is 0.411 e. The van der Waals surface area contributed by atoms with Crippen molar-refractivity contribution in [2.24, 2.45) is 5.16 Å². The standard InChI is InChI=1S/C7H11NO/c1-6-4-2-3-5-7(6)8-9/h9H,1-5H2/b8-7-. The molecule has 1 aliphatic rings. The Morgan fingerprint density at radius 1 is 1.33 bits per heavy atom. The molecule has 0 saturated heterocycles. The molecule has 0 bridgehead atoms. The lowest BCUT2D eigenvalue weighted by atomic mass is 9.94. The first kappa shape index (κ1) is 6.33. The molecule has 0 heterocycles. The quantitative estimate of drug-likeness (QED) is 0.389. The van der Waals surface area contributed by atoms with E-state index < -0.39 is 0 Å². The van der Waals surface area contributed by atoms with Gasteiger partial charge in [0.2, 0.25) is 0 Å². The maximum absolute atomic E-state index is 8.39. The van der Waals surface area contributed by atoms with Crippen LogP contribution < -0.4 is 0 Å². The van der Waals surface area contributed by atoms with E-state index in [2.05, 4.69) is 11.7 Å². The molecule has 0 aromatic heterocycles. The van der Waals surface area contributed by atoms with Gasteiger partial charge in [-0.1, -0.05) is 11.7 Å². The Morgan fingerprint density at radius 2 is 2.00 bits per heavy atom. The summed E-state index contributed by atoms with van der Waals surface area (Å²) >= 11 is 0. The van der Waals surface area contributed by atoms with Gasteiger partial charge in [-0.25, -0.2) is 0 Å². The van der Waals surface area contributed by atoms with Crippen LogP contribution in [0.3, 0.4) is 0 Å². The van der Waals surface area contributed by atoms with E-state index in [0.29, 0.717) is 0 Å². The Hall–Kier alpha value is -0.790. The zero-order valence-corrected chi connectivity index (χ0v) is 5.43. The summed E-state index contributed by atoms with van der Waals surface area (Å²) in [4.78, 5) is 0. The third kappa shape index (κ3) is 1.31. The zero-order valence-electron chi connectivity index (χ0n) is 5.43. The van der Waals surface area contributed by atoms with Crippen molar-refractivity contribution in [2.75, 3.05) is 0 Å². The lowest BCUT2D eigenvalue weighted by Crippen LogP contribution is -2.07. The molecule has 0 atom stereocenters. The molecule has 1 N–H and O–H groups in total. The summed E-state index contributed by atoms with van der Waals surface area (Å²) in [6, 6.07) is 0. The third-order valence-electron chi connectivity index (χ3n) is 1.67.